The number of anilines is 1. The van der Waals surface area contributed by atoms with Gasteiger partial charge in [0.1, 0.15) is 11.8 Å². The summed E-state index contributed by atoms with van der Waals surface area (Å²) in [6.07, 6.45) is 2.21. The fourth-order valence-corrected chi connectivity index (χ4v) is 3.65. The van der Waals surface area contributed by atoms with Crippen LogP contribution < -0.4 is 5.32 Å². The number of nitrogens with one attached hydrogen (secondary N) is 1. The van der Waals surface area contributed by atoms with Crippen molar-refractivity contribution in [2.75, 3.05) is 5.32 Å². The van der Waals surface area contributed by atoms with Gasteiger partial charge in [0.2, 0.25) is 0 Å². The van der Waals surface area contributed by atoms with Crippen molar-refractivity contribution in [2.45, 2.75) is 12.5 Å². The van der Waals surface area contributed by atoms with E-state index in [-0.39, 0.29) is 12.1 Å². The third kappa shape index (κ3) is 3.31. The Bertz CT molecular complexity index is 906. The number of carbonyl (C=O) groups is 1. The van der Waals surface area contributed by atoms with Gasteiger partial charge in [0.05, 0.1) is 16.9 Å². The number of amides is 2. The molecule has 0 radical (unpaired) electrons. The molecule has 1 N–H and O–H groups in total. The zero-order chi connectivity index (χ0) is 17.2. The van der Waals surface area contributed by atoms with E-state index in [0.717, 1.165) is 10.6 Å². The van der Waals surface area contributed by atoms with Crippen LogP contribution in [-0.2, 0) is 0 Å². The Morgan fingerprint density at radius 1 is 1.28 bits per heavy atom. The first-order valence-electron chi connectivity index (χ1n) is 7.71. The highest BCUT2D eigenvalue weighted by Crippen LogP contribution is 2.34. The van der Waals surface area contributed by atoms with Gasteiger partial charge < -0.3 is 9.73 Å². The highest BCUT2D eigenvalue weighted by Gasteiger charge is 2.35. The van der Waals surface area contributed by atoms with Gasteiger partial charge in [-0.25, -0.2) is 9.80 Å². The van der Waals surface area contributed by atoms with Gasteiger partial charge in [-0.15, -0.1) is 11.3 Å². The van der Waals surface area contributed by atoms with Crippen molar-refractivity contribution in [1.82, 2.24) is 5.01 Å². The summed E-state index contributed by atoms with van der Waals surface area (Å²) in [5, 5.41) is 11.4. The van der Waals surface area contributed by atoms with Gasteiger partial charge in [0.15, 0.2) is 0 Å². The van der Waals surface area contributed by atoms with E-state index < -0.39 is 0 Å². The summed E-state index contributed by atoms with van der Waals surface area (Å²) in [5.41, 5.74) is 1.49. The Balaban J connectivity index is 1.62. The molecule has 0 spiro atoms. The number of hydrogen-bond acceptors (Lipinski definition) is 4. The van der Waals surface area contributed by atoms with Gasteiger partial charge >= 0.3 is 6.03 Å². The maximum absolute atomic E-state index is 12.8. The van der Waals surface area contributed by atoms with E-state index in [1.807, 2.05) is 29.6 Å². The van der Waals surface area contributed by atoms with Crippen LogP contribution in [0.4, 0.5) is 10.5 Å². The summed E-state index contributed by atoms with van der Waals surface area (Å²) < 4.78 is 5.52. The molecule has 1 aromatic carbocycles. The molecule has 0 fully saturated rings. The van der Waals surface area contributed by atoms with Crippen molar-refractivity contribution >= 4 is 40.4 Å². The molecule has 2 aromatic heterocycles. The average Bonchev–Trinajstić information content (AvgIpc) is 3.34. The molecule has 0 aliphatic carbocycles. The molecule has 0 unspecified atom stereocenters. The molecule has 1 aliphatic rings. The fraction of sp³-hybridized carbons (Fsp3) is 0.111. The summed E-state index contributed by atoms with van der Waals surface area (Å²) in [6.45, 7) is 0. The van der Waals surface area contributed by atoms with Gasteiger partial charge in [0, 0.05) is 17.1 Å². The Kier molecular flexibility index (Phi) is 4.29. The fourth-order valence-electron chi connectivity index (χ4n) is 2.74. The van der Waals surface area contributed by atoms with Crippen LogP contribution in [0.1, 0.15) is 23.1 Å². The summed E-state index contributed by atoms with van der Waals surface area (Å²) in [7, 11) is 0. The van der Waals surface area contributed by atoms with E-state index in [0.29, 0.717) is 22.9 Å². The van der Waals surface area contributed by atoms with Crippen molar-refractivity contribution in [2.24, 2.45) is 5.10 Å². The molecule has 1 aliphatic heterocycles. The Morgan fingerprint density at radius 2 is 2.20 bits per heavy atom. The minimum absolute atomic E-state index is 0.272. The first-order chi connectivity index (χ1) is 12.2. The number of furan rings is 1. The molecule has 7 heteroatoms. The molecule has 4 rings (SSSR count). The predicted octanol–water partition coefficient (Wildman–Crippen LogP) is 5.38. The van der Waals surface area contributed by atoms with Crippen LogP contribution in [0.25, 0.3) is 0 Å². The molecule has 0 saturated carbocycles. The van der Waals surface area contributed by atoms with E-state index in [2.05, 4.69) is 10.4 Å². The summed E-state index contributed by atoms with van der Waals surface area (Å²) in [6, 6.07) is 14.1. The highest BCUT2D eigenvalue weighted by molar-refractivity contribution is 7.12. The SMILES string of the molecule is O=C(Nc1cccc(Cl)c1)N1N=C(c2cccs2)C[C@H]1c1ccco1. The maximum atomic E-state index is 12.8. The molecule has 1 atom stereocenters. The van der Waals surface area contributed by atoms with E-state index in [1.54, 1.807) is 41.9 Å². The van der Waals surface area contributed by atoms with Gasteiger partial charge in [-0.2, -0.15) is 5.10 Å². The second kappa shape index (κ2) is 6.74. The summed E-state index contributed by atoms with van der Waals surface area (Å²) in [5.74, 6) is 0.705. The minimum atomic E-state index is -0.324. The van der Waals surface area contributed by atoms with E-state index in [9.17, 15) is 4.79 Å². The predicted molar refractivity (Wildman–Crippen MR) is 99.2 cm³/mol. The van der Waals surface area contributed by atoms with Crippen LogP contribution in [0, 0.1) is 0 Å². The van der Waals surface area contributed by atoms with Gasteiger partial charge in [-0.3, -0.25) is 0 Å². The van der Waals surface area contributed by atoms with Crippen molar-refractivity contribution in [3.05, 3.63) is 75.8 Å². The molecule has 0 bridgehead atoms. The highest BCUT2D eigenvalue weighted by atomic mass is 35.5. The number of carbonyl (C=O) groups excluding carboxylic acids is 1. The monoisotopic (exact) mass is 371 g/mol. The largest absolute Gasteiger partial charge is 0.467 e. The third-order valence-corrected chi connectivity index (χ3v) is 5.03. The lowest BCUT2D eigenvalue weighted by molar-refractivity contribution is 0.192. The number of hydrazone groups is 1. The number of nitrogens with zero attached hydrogens (tertiary/aromatic N) is 2. The molecule has 2 amide bonds. The smallest absolute Gasteiger partial charge is 0.342 e. The standard InChI is InChI=1S/C18H14ClN3O2S/c19-12-4-1-5-13(10-12)20-18(23)22-15(16-6-2-8-24-16)11-14(21-22)17-7-3-9-25-17/h1-10,15H,11H2,(H,20,23)/t15-/m0/s1. The van der Waals surface area contributed by atoms with Crippen molar-refractivity contribution in [3.63, 3.8) is 0 Å². The molecular weight excluding hydrogens is 358 g/mol. The minimum Gasteiger partial charge on any atom is -0.467 e. The zero-order valence-corrected chi connectivity index (χ0v) is 14.6. The van der Waals surface area contributed by atoms with Crippen LogP contribution in [-0.4, -0.2) is 16.8 Å². The number of halogens is 1. The third-order valence-electron chi connectivity index (χ3n) is 3.87. The van der Waals surface area contributed by atoms with Crippen LogP contribution in [0.2, 0.25) is 5.02 Å². The number of thiophene rings is 1. The first kappa shape index (κ1) is 15.9. The second-order valence-corrected chi connectivity index (χ2v) is 6.93. The number of hydrogen-bond donors (Lipinski definition) is 1. The van der Waals surface area contributed by atoms with Crippen LogP contribution in [0.3, 0.4) is 0 Å². The number of rotatable bonds is 3. The van der Waals surface area contributed by atoms with Gasteiger partial charge in [0.25, 0.3) is 0 Å². The van der Waals surface area contributed by atoms with Crippen molar-refractivity contribution in [1.29, 1.82) is 0 Å². The lowest BCUT2D eigenvalue weighted by atomic mass is 10.1. The lowest BCUT2D eigenvalue weighted by Gasteiger charge is -2.20. The normalized spacial score (nSPS) is 16.8. The van der Waals surface area contributed by atoms with Crippen molar-refractivity contribution in [3.8, 4) is 0 Å². The van der Waals surface area contributed by atoms with E-state index >= 15 is 0 Å². The Labute approximate surface area is 153 Å². The second-order valence-electron chi connectivity index (χ2n) is 5.54. The van der Waals surface area contributed by atoms with Crippen LogP contribution in [0.15, 0.2) is 69.7 Å². The molecule has 3 aromatic rings. The molecule has 3 heterocycles. The maximum Gasteiger partial charge on any atom is 0.342 e. The Hall–Kier alpha value is -2.57. The summed E-state index contributed by atoms with van der Waals surface area (Å²) in [4.78, 5) is 13.8. The van der Waals surface area contributed by atoms with Gasteiger partial charge in [-0.1, -0.05) is 23.7 Å². The molecule has 25 heavy (non-hydrogen) atoms. The number of urea groups is 1. The quantitative estimate of drug-likeness (QED) is 0.672. The first-order valence-corrected chi connectivity index (χ1v) is 8.97. The summed E-state index contributed by atoms with van der Waals surface area (Å²) >= 11 is 7.58. The van der Waals surface area contributed by atoms with Crippen LogP contribution in [0.5, 0.6) is 0 Å². The lowest BCUT2D eigenvalue weighted by Crippen LogP contribution is -2.31. The van der Waals surface area contributed by atoms with Crippen LogP contribution >= 0.6 is 22.9 Å². The average molecular weight is 372 g/mol. The molecule has 126 valence electrons. The number of benzene rings is 1. The molecular formula is C18H14ClN3O2S. The van der Waals surface area contributed by atoms with Gasteiger partial charge in [-0.05, 0) is 41.8 Å². The zero-order valence-electron chi connectivity index (χ0n) is 13.1. The topological polar surface area (TPSA) is 57.8 Å². The van der Waals surface area contributed by atoms with Crippen molar-refractivity contribution < 1.29 is 9.21 Å². The molecule has 5 nitrogen and oxygen atoms in total. The Morgan fingerprint density at radius 3 is 2.92 bits per heavy atom. The van der Waals surface area contributed by atoms with E-state index in [1.165, 1.54) is 5.01 Å². The van der Waals surface area contributed by atoms with E-state index in [4.69, 9.17) is 16.0 Å². The molecule has 0 saturated heterocycles.